The van der Waals surface area contributed by atoms with Gasteiger partial charge in [0, 0.05) is 16.6 Å². The Morgan fingerprint density at radius 1 is 1.13 bits per heavy atom. The van der Waals surface area contributed by atoms with Crippen LogP contribution in [0.5, 0.6) is 0 Å². The Bertz CT molecular complexity index is 1230. The molecule has 12 heteroatoms. The Labute approximate surface area is 174 Å². The minimum Gasteiger partial charge on any atom is -0.368 e. The van der Waals surface area contributed by atoms with E-state index in [4.69, 9.17) is 5.73 Å². The predicted molar refractivity (Wildman–Crippen MR) is 109 cm³/mol. The topological polar surface area (TPSA) is 134 Å². The normalized spacial score (nSPS) is 13.1. The second-order valence-corrected chi connectivity index (χ2v) is 7.47. The van der Waals surface area contributed by atoms with Gasteiger partial charge in [0.1, 0.15) is 0 Å². The van der Waals surface area contributed by atoms with E-state index in [0.29, 0.717) is 11.4 Å². The second kappa shape index (κ2) is 7.52. The van der Waals surface area contributed by atoms with Crippen LogP contribution in [0.3, 0.4) is 0 Å². The Hall–Kier alpha value is -3.70. The van der Waals surface area contributed by atoms with E-state index in [9.17, 15) is 13.2 Å². The van der Waals surface area contributed by atoms with Crippen molar-refractivity contribution in [3.05, 3.63) is 41.6 Å². The zero-order valence-electron chi connectivity index (χ0n) is 16.9. The Morgan fingerprint density at radius 3 is 2.58 bits per heavy atom. The third-order valence-corrected chi connectivity index (χ3v) is 4.81. The van der Waals surface area contributed by atoms with Crippen molar-refractivity contribution < 1.29 is 13.2 Å². The maximum absolute atomic E-state index is 12.9. The van der Waals surface area contributed by atoms with Gasteiger partial charge in [0.15, 0.2) is 5.82 Å². The molecular weight excluding hydrogens is 411 g/mol. The zero-order chi connectivity index (χ0) is 22.3. The van der Waals surface area contributed by atoms with E-state index in [1.165, 1.54) is 0 Å². The highest BCUT2D eigenvalue weighted by Gasteiger charge is 2.35. The first-order valence-corrected chi connectivity index (χ1v) is 9.47. The lowest BCUT2D eigenvalue weighted by Crippen LogP contribution is -2.20. The summed E-state index contributed by atoms with van der Waals surface area (Å²) in [5, 5.41) is 11.1. The van der Waals surface area contributed by atoms with Gasteiger partial charge in [0.2, 0.25) is 17.7 Å². The number of alkyl halides is 3. The SMILES string of the molecule is Cc1[nH]nc2ccc(-c3nc(N)nc(N[C@@H](c4cnc(C(F)(F)F)[nH]4)C(C)C)n3)cc12. The number of aryl methyl sites for hydroxylation is 1. The van der Waals surface area contributed by atoms with Gasteiger partial charge >= 0.3 is 6.18 Å². The number of imidazole rings is 1. The molecule has 3 aromatic heterocycles. The van der Waals surface area contributed by atoms with Gasteiger partial charge in [-0.3, -0.25) is 5.10 Å². The molecule has 0 aliphatic rings. The molecular formula is C19H20F3N9. The summed E-state index contributed by atoms with van der Waals surface area (Å²) in [6.45, 7) is 5.61. The van der Waals surface area contributed by atoms with E-state index in [-0.39, 0.29) is 23.5 Å². The van der Waals surface area contributed by atoms with Crippen molar-refractivity contribution in [2.45, 2.75) is 33.0 Å². The number of hydrogen-bond donors (Lipinski definition) is 4. The number of aromatic amines is 2. The van der Waals surface area contributed by atoms with Gasteiger partial charge in [-0.25, -0.2) is 4.98 Å². The van der Waals surface area contributed by atoms with Crippen LogP contribution in [0, 0.1) is 12.8 Å². The number of aromatic nitrogens is 7. The fourth-order valence-corrected chi connectivity index (χ4v) is 3.24. The number of benzene rings is 1. The molecule has 1 aromatic carbocycles. The number of fused-ring (bicyclic) bond motifs is 1. The van der Waals surface area contributed by atoms with E-state index in [0.717, 1.165) is 22.8 Å². The van der Waals surface area contributed by atoms with Crippen LogP contribution in [-0.4, -0.2) is 35.1 Å². The van der Waals surface area contributed by atoms with E-state index < -0.39 is 18.0 Å². The molecule has 0 saturated heterocycles. The van der Waals surface area contributed by atoms with Crippen LogP contribution in [0.4, 0.5) is 25.1 Å². The lowest BCUT2D eigenvalue weighted by Gasteiger charge is -2.21. The molecule has 0 spiro atoms. The Morgan fingerprint density at radius 2 is 1.90 bits per heavy atom. The zero-order valence-corrected chi connectivity index (χ0v) is 16.9. The molecule has 0 bridgehead atoms. The van der Waals surface area contributed by atoms with E-state index >= 15 is 0 Å². The third-order valence-electron chi connectivity index (χ3n) is 4.81. The smallest absolute Gasteiger partial charge is 0.368 e. The largest absolute Gasteiger partial charge is 0.449 e. The molecule has 0 amide bonds. The van der Waals surface area contributed by atoms with Crippen molar-refractivity contribution in [3.8, 4) is 11.4 Å². The Kier molecular flexibility index (Phi) is 4.99. The number of nitrogens with zero attached hydrogens (tertiary/aromatic N) is 5. The maximum Gasteiger partial charge on any atom is 0.449 e. The molecule has 0 aliphatic carbocycles. The molecule has 0 saturated carbocycles. The monoisotopic (exact) mass is 431 g/mol. The van der Waals surface area contributed by atoms with Gasteiger partial charge in [0.25, 0.3) is 0 Å². The number of halogens is 3. The minimum atomic E-state index is -4.56. The van der Waals surface area contributed by atoms with Gasteiger partial charge < -0.3 is 16.0 Å². The molecule has 4 aromatic rings. The molecule has 0 unspecified atom stereocenters. The number of nitrogens with two attached hydrogens (primary N) is 1. The van der Waals surface area contributed by atoms with Crippen molar-refractivity contribution in [2.75, 3.05) is 11.1 Å². The molecule has 31 heavy (non-hydrogen) atoms. The summed E-state index contributed by atoms with van der Waals surface area (Å²) in [6, 6.07) is 4.97. The minimum absolute atomic E-state index is 0.0143. The van der Waals surface area contributed by atoms with Crippen molar-refractivity contribution in [3.63, 3.8) is 0 Å². The maximum atomic E-state index is 12.9. The summed E-state index contributed by atoms with van der Waals surface area (Å²) < 4.78 is 38.8. The first kappa shape index (κ1) is 20.6. The van der Waals surface area contributed by atoms with Crippen LogP contribution in [0.2, 0.25) is 0 Å². The summed E-state index contributed by atoms with van der Waals surface area (Å²) in [7, 11) is 0. The number of anilines is 2. The summed E-state index contributed by atoms with van der Waals surface area (Å²) in [5.41, 5.74) is 8.55. The van der Waals surface area contributed by atoms with Crippen LogP contribution in [-0.2, 0) is 6.18 Å². The first-order valence-electron chi connectivity index (χ1n) is 9.47. The number of nitrogens with one attached hydrogen (secondary N) is 3. The van der Waals surface area contributed by atoms with Crippen molar-refractivity contribution in [2.24, 2.45) is 5.92 Å². The molecule has 0 aliphatic heterocycles. The molecule has 0 fully saturated rings. The predicted octanol–water partition coefficient (Wildman–Crippen LogP) is 3.86. The first-order chi connectivity index (χ1) is 14.6. The van der Waals surface area contributed by atoms with E-state index in [2.05, 4.69) is 40.4 Å². The van der Waals surface area contributed by atoms with Gasteiger partial charge in [-0.2, -0.15) is 33.2 Å². The molecule has 9 nitrogen and oxygen atoms in total. The number of H-pyrrole nitrogens is 2. The second-order valence-electron chi connectivity index (χ2n) is 7.47. The molecule has 162 valence electrons. The highest BCUT2D eigenvalue weighted by molar-refractivity contribution is 5.85. The highest BCUT2D eigenvalue weighted by Crippen LogP contribution is 2.31. The van der Waals surface area contributed by atoms with Gasteiger partial charge in [-0.05, 0) is 31.0 Å². The van der Waals surface area contributed by atoms with Gasteiger partial charge in [-0.15, -0.1) is 0 Å². The summed E-state index contributed by atoms with van der Waals surface area (Å²) in [5.74, 6) is -0.698. The molecule has 3 heterocycles. The number of rotatable bonds is 5. The lowest BCUT2D eigenvalue weighted by atomic mass is 10.0. The summed E-state index contributed by atoms with van der Waals surface area (Å²) in [6.07, 6.45) is -3.41. The Balaban J connectivity index is 1.68. The molecule has 1 atom stereocenters. The average Bonchev–Trinajstić information content (AvgIpc) is 3.32. The van der Waals surface area contributed by atoms with Gasteiger partial charge in [0.05, 0.1) is 23.4 Å². The van der Waals surface area contributed by atoms with Crippen LogP contribution in [0.15, 0.2) is 24.4 Å². The highest BCUT2D eigenvalue weighted by atomic mass is 19.4. The van der Waals surface area contributed by atoms with E-state index in [1.54, 1.807) is 0 Å². The van der Waals surface area contributed by atoms with E-state index in [1.807, 2.05) is 39.0 Å². The third kappa shape index (κ3) is 4.13. The van der Waals surface area contributed by atoms with Crippen LogP contribution in [0.25, 0.3) is 22.3 Å². The van der Waals surface area contributed by atoms with Gasteiger partial charge in [-0.1, -0.05) is 13.8 Å². The number of hydrogen-bond acceptors (Lipinski definition) is 7. The summed E-state index contributed by atoms with van der Waals surface area (Å²) in [4.78, 5) is 18.5. The van der Waals surface area contributed by atoms with Crippen molar-refractivity contribution in [1.29, 1.82) is 0 Å². The van der Waals surface area contributed by atoms with Crippen LogP contribution < -0.4 is 11.1 Å². The fraction of sp³-hybridized carbons (Fsp3) is 0.316. The molecule has 4 rings (SSSR count). The summed E-state index contributed by atoms with van der Waals surface area (Å²) >= 11 is 0. The standard InChI is InChI=1S/C19H20F3N9/c1-8(2)14(13-7-24-16(25-13)19(20,21)22)26-18-28-15(27-17(23)29-18)10-4-5-12-11(6-10)9(3)30-31-12/h4-8,14H,1-3H3,(H,24,25)(H,30,31)(H3,23,26,27,28,29)/t14-/m1/s1. The molecule has 5 N–H and O–H groups in total. The number of nitrogen functional groups attached to an aromatic ring is 1. The average molecular weight is 431 g/mol. The lowest BCUT2D eigenvalue weighted by molar-refractivity contribution is -0.144. The van der Waals surface area contributed by atoms with Crippen LogP contribution in [0.1, 0.15) is 37.1 Å². The molecule has 0 radical (unpaired) electrons. The van der Waals surface area contributed by atoms with Crippen LogP contribution >= 0.6 is 0 Å². The van der Waals surface area contributed by atoms with Crippen molar-refractivity contribution in [1.82, 2.24) is 35.1 Å². The van der Waals surface area contributed by atoms with Crippen molar-refractivity contribution >= 4 is 22.8 Å². The fourth-order valence-electron chi connectivity index (χ4n) is 3.24. The quantitative estimate of drug-likeness (QED) is 0.377.